The van der Waals surface area contributed by atoms with Crippen molar-refractivity contribution in [3.8, 4) is 17.0 Å². The Labute approximate surface area is 187 Å². The molecule has 3 aliphatic rings. The first-order chi connectivity index (χ1) is 16.0. The van der Waals surface area contributed by atoms with Crippen LogP contribution in [0, 0.1) is 5.92 Å². The third kappa shape index (κ3) is 3.57. The molecule has 2 saturated heterocycles. The molecule has 2 unspecified atom stereocenters. The number of carbonyl (C=O) groups excluding carboxylic acids is 1. The largest absolute Gasteiger partial charge is 0.417 e. The predicted octanol–water partition coefficient (Wildman–Crippen LogP) is 3.54. The maximum atomic E-state index is 13.5. The highest BCUT2D eigenvalue weighted by molar-refractivity contribution is 5.84. The number of fused-ring (bicyclic) bond motifs is 3. The number of halogens is 3. The third-order valence-corrected chi connectivity index (χ3v) is 6.87. The lowest BCUT2D eigenvalue weighted by Crippen LogP contribution is -2.56. The Kier molecular flexibility index (Phi) is 4.70. The molecule has 3 aromatic rings. The van der Waals surface area contributed by atoms with Crippen LogP contribution < -0.4 is 9.64 Å². The number of nitrogens with zero attached hydrogens (tertiary/aromatic N) is 5. The van der Waals surface area contributed by atoms with Crippen molar-refractivity contribution < 1.29 is 22.7 Å². The Bertz CT molecular complexity index is 1200. The maximum absolute atomic E-state index is 13.5. The van der Waals surface area contributed by atoms with Gasteiger partial charge in [0.15, 0.2) is 0 Å². The first-order valence-corrected chi connectivity index (χ1v) is 11.1. The predicted molar refractivity (Wildman–Crippen MR) is 114 cm³/mol. The Hall–Kier alpha value is -3.30. The van der Waals surface area contributed by atoms with Gasteiger partial charge in [-0.25, -0.2) is 13.9 Å². The molecule has 0 N–H and O–H groups in total. The summed E-state index contributed by atoms with van der Waals surface area (Å²) < 4.78 is 44.8. The molecule has 1 aliphatic carbocycles. The Morgan fingerprint density at radius 1 is 1.09 bits per heavy atom. The fraction of sp³-hybridized carbons (Fsp3) is 0.435. The van der Waals surface area contributed by atoms with Crippen molar-refractivity contribution in [1.29, 1.82) is 0 Å². The van der Waals surface area contributed by atoms with Gasteiger partial charge in [-0.05, 0) is 43.0 Å². The standard InChI is InChI=1S/C23H22F3N5O2/c24-18-9-17(18)22(32)31-15-1-2-16(31)12-29(11-15)19-4-6-28-30-10-14(7-20(19)30)13-3-5-27-21(8-13)33-23(25)26/h3-8,10,15-18,23H,1-2,9,11-12H2/t15?,16?,17-,18-/m1/s1. The van der Waals surface area contributed by atoms with Gasteiger partial charge in [0.2, 0.25) is 11.8 Å². The highest BCUT2D eigenvalue weighted by atomic mass is 19.3. The van der Waals surface area contributed by atoms with E-state index >= 15 is 0 Å². The summed E-state index contributed by atoms with van der Waals surface area (Å²) in [5, 5.41) is 4.41. The van der Waals surface area contributed by atoms with Gasteiger partial charge in [-0.1, -0.05) is 0 Å². The summed E-state index contributed by atoms with van der Waals surface area (Å²) in [4.78, 5) is 20.8. The van der Waals surface area contributed by atoms with Crippen LogP contribution in [0.15, 0.2) is 42.9 Å². The molecule has 5 heterocycles. The first-order valence-electron chi connectivity index (χ1n) is 11.1. The van der Waals surface area contributed by atoms with Crippen LogP contribution in [0.4, 0.5) is 18.9 Å². The van der Waals surface area contributed by atoms with Crippen molar-refractivity contribution in [2.75, 3.05) is 18.0 Å². The topological polar surface area (TPSA) is 63.0 Å². The van der Waals surface area contributed by atoms with Crippen LogP contribution in [-0.4, -0.2) is 63.4 Å². The second-order valence-electron chi connectivity index (χ2n) is 8.93. The van der Waals surface area contributed by atoms with Crippen LogP contribution in [0.3, 0.4) is 0 Å². The molecule has 3 fully saturated rings. The molecule has 6 rings (SSSR count). The quantitative estimate of drug-likeness (QED) is 0.587. The highest BCUT2D eigenvalue weighted by Gasteiger charge is 2.51. The summed E-state index contributed by atoms with van der Waals surface area (Å²) >= 11 is 0. The molecule has 10 heteroatoms. The van der Waals surface area contributed by atoms with Crippen LogP contribution in [0.5, 0.6) is 5.88 Å². The molecule has 0 radical (unpaired) electrons. The number of hydrogen-bond acceptors (Lipinski definition) is 5. The summed E-state index contributed by atoms with van der Waals surface area (Å²) in [5.74, 6) is -0.617. The molecular weight excluding hydrogens is 435 g/mol. The van der Waals surface area contributed by atoms with E-state index in [1.54, 1.807) is 16.8 Å². The molecule has 3 aromatic heterocycles. The van der Waals surface area contributed by atoms with Crippen molar-refractivity contribution in [2.24, 2.45) is 5.92 Å². The van der Waals surface area contributed by atoms with Crippen LogP contribution in [0.25, 0.3) is 16.6 Å². The fourth-order valence-electron chi connectivity index (χ4n) is 5.24. The minimum absolute atomic E-state index is 0.0287. The number of pyridine rings is 1. The summed E-state index contributed by atoms with van der Waals surface area (Å²) in [7, 11) is 0. The third-order valence-electron chi connectivity index (χ3n) is 6.87. The van der Waals surface area contributed by atoms with Gasteiger partial charge in [0, 0.05) is 55.4 Å². The van der Waals surface area contributed by atoms with Gasteiger partial charge in [-0.2, -0.15) is 13.9 Å². The van der Waals surface area contributed by atoms with E-state index in [0.29, 0.717) is 25.1 Å². The van der Waals surface area contributed by atoms with Crippen molar-refractivity contribution in [3.63, 3.8) is 0 Å². The normalized spacial score (nSPS) is 26.3. The minimum atomic E-state index is -2.94. The van der Waals surface area contributed by atoms with Gasteiger partial charge >= 0.3 is 6.61 Å². The van der Waals surface area contributed by atoms with Gasteiger partial charge in [0.25, 0.3) is 0 Å². The Morgan fingerprint density at radius 3 is 2.55 bits per heavy atom. The van der Waals surface area contributed by atoms with Crippen LogP contribution in [0.1, 0.15) is 19.3 Å². The summed E-state index contributed by atoms with van der Waals surface area (Å²) in [6.07, 6.45) is 6.22. The summed E-state index contributed by atoms with van der Waals surface area (Å²) in [6.45, 7) is -1.56. The molecule has 0 aromatic carbocycles. The average Bonchev–Trinajstić information content (AvgIpc) is 3.26. The lowest BCUT2D eigenvalue weighted by Gasteiger charge is -2.42. The molecule has 1 amide bonds. The van der Waals surface area contributed by atoms with Crippen LogP contribution in [0.2, 0.25) is 0 Å². The number of carbonyl (C=O) groups is 1. The smallest absolute Gasteiger partial charge is 0.388 e. The molecule has 2 bridgehead atoms. The number of rotatable bonds is 5. The van der Waals surface area contributed by atoms with E-state index in [-0.39, 0.29) is 23.9 Å². The summed E-state index contributed by atoms with van der Waals surface area (Å²) in [5.41, 5.74) is 3.37. The molecule has 2 aliphatic heterocycles. The Morgan fingerprint density at radius 2 is 1.85 bits per heavy atom. The monoisotopic (exact) mass is 457 g/mol. The van der Waals surface area contributed by atoms with Crippen molar-refractivity contribution >= 4 is 17.1 Å². The zero-order valence-corrected chi connectivity index (χ0v) is 17.7. The van der Waals surface area contributed by atoms with E-state index in [9.17, 15) is 18.0 Å². The lowest BCUT2D eigenvalue weighted by atomic mass is 10.1. The molecule has 1 saturated carbocycles. The number of anilines is 1. The summed E-state index contributed by atoms with van der Waals surface area (Å²) in [6, 6.07) is 7.28. The van der Waals surface area contributed by atoms with Crippen molar-refractivity contribution in [1.82, 2.24) is 19.5 Å². The van der Waals surface area contributed by atoms with Crippen LogP contribution >= 0.6 is 0 Å². The van der Waals surface area contributed by atoms with Gasteiger partial charge < -0.3 is 14.5 Å². The molecule has 0 spiro atoms. The molecule has 172 valence electrons. The van der Waals surface area contributed by atoms with Gasteiger partial charge in [0.1, 0.15) is 6.17 Å². The first kappa shape index (κ1) is 20.3. The van der Waals surface area contributed by atoms with E-state index in [1.807, 2.05) is 23.2 Å². The lowest BCUT2D eigenvalue weighted by molar-refractivity contribution is -0.136. The SMILES string of the molecule is O=C([C@@H]1C[C@H]1F)N1C2CCC1CN(c1ccnn3cc(-c4ccnc(OC(F)F)c4)cc13)C2. The number of aromatic nitrogens is 3. The van der Waals surface area contributed by atoms with Crippen LogP contribution in [-0.2, 0) is 4.79 Å². The zero-order chi connectivity index (χ0) is 22.7. The molecule has 7 nitrogen and oxygen atoms in total. The van der Waals surface area contributed by atoms with Gasteiger partial charge in [-0.3, -0.25) is 4.79 Å². The number of piperazine rings is 1. The molecular formula is C23H22F3N5O2. The van der Waals surface area contributed by atoms with E-state index < -0.39 is 18.7 Å². The number of alkyl halides is 3. The van der Waals surface area contributed by atoms with E-state index in [0.717, 1.165) is 29.6 Å². The van der Waals surface area contributed by atoms with Gasteiger partial charge in [-0.15, -0.1) is 0 Å². The van der Waals surface area contributed by atoms with Gasteiger partial charge in [0.05, 0.1) is 17.1 Å². The maximum Gasteiger partial charge on any atom is 0.388 e. The number of amides is 1. The van der Waals surface area contributed by atoms with Crippen molar-refractivity contribution in [3.05, 3.63) is 42.9 Å². The van der Waals surface area contributed by atoms with E-state index in [2.05, 4.69) is 19.7 Å². The minimum Gasteiger partial charge on any atom is -0.417 e. The second kappa shape index (κ2) is 7.64. The molecule has 4 atom stereocenters. The van der Waals surface area contributed by atoms with E-state index in [1.165, 1.54) is 12.3 Å². The number of ether oxygens (including phenoxy) is 1. The fourth-order valence-corrected chi connectivity index (χ4v) is 5.24. The highest BCUT2D eigenvalue weighted by Crippen LogP contribution is 2.41. The van der Waals surface area contributed by atoms with Crippen molar-refractivity contribution in [2.45, 2.75) is 44.1 Å². The van der Waals surface area contributed by atoms with E-state index in [4.69, 9.17) is 0 Å². The average molecular weight is 457 g/mol. The number of hydrogen-bond donors (Lipinski definition) is 0. The zero-order valence-electron chi connectivity index (χ0n) is 17.7. The molecule has 33 heavy (non-hydrogen) atoms. The second-order valence-corrected chi connectivity index (χ2v) is 8.93. The Balaban J connectivity index is 1.28.